The van der Waals surface area contributed by atoms with Gasteiger partial charge in [-0.2, -0.15) is 0 Å². The van der Waals surface area contributed by atoms with Crippen molar-refractivity contribution in [3.63, 3.8) is 0 Å². The van der Waals surface area contributed by atoms with Gasteiger partial charge in [-0.15, -0.1) is 0 Å². The number of esters is 1. The lowest BCUT2D eigenvalue weighted by Crippen LogP contribution is -2.45. The lowest BCUT2D eigenvalue weighted by Gasteiger charge is -2.09. The number of aromatic nitrogens is 2. The Hall–Kier alpha value is -3.59. The number of amides is 2. The molecule has 144 valence electrons. The van der Waals surface area contributed by atoms with Gasteiger partial charge in [0.1, 0.15) is 11.4 Å². The molecule has 3 aromatic rings. The van der Waals surface area contributed by atoms with Crippen LogP contribution in [0, 0.1) is 0 Å². The van der Waals surface area contributed by atoms with Crippen molar-refractivity contribution in [3.05, 3.63) is 65.6 Å². The third kappa shape index (κ3) is 5.21. The number of rotatable bonds is 6. The third-order valence-corrected chi connectivity index (χ3v) is 3.68. The molecule has 0 aliphatic heterocycles. The number of carbonyl (C=O) groups is 3. The van der Waals surface area contributed by atoms with Crippen LogP contribution in [-0.4, -0.2) is 40.4 Å². The van der Waals surface area contributed by atoms with Crippen molar-refractivity contribution >= 4 is 35.0 Å². The Bertz CT molecular complexity index is 970. The first-order chi connectivity index (χ1) is 13.5. The first kappa shape index (κ1) is 19.2. The molecular weight excluding hydrogens is 388 g/mol. The van der Waals surface area contributed by atoms with Gasteiger partial charge < -0.3 is 13.9 Å². The number of nitrogens with one attached hydrogen (secondary N) is 2. The number of hydrogen-bond acceptors (Lipinski definition) is 6. The van der Waals surface area contributed by atoms with E-state index in [-0.39, 0.29) is 12.3 Å². The van der Waals surface area contributed by atoms with E-state index in [2.05, 4.69) is 15.8 Å². The summed E-state index contributed by atoms with van der Waals surface area (Å²) in [5.74, 6) is -1.60. The zero-order valence-corrected chi connectivity index (χ0v) is 15.2. The fraction of sp³-hybridized carbons (Fsp3) is 0.111. The van der Waals surface area contributed by atoms with Crippen LogP contribution >= 0.6 is 11.6 Å². The number of halogens is 1. The van der Waals surface area contributed by atoms with Crippen LogP contribution in [-0.2, 0) is 14.3 Å². The van der Waals surface area contributed by atoms with Crippen molar-refractivity contribution in [2.24, 2.45) is 0 Å². The summed E-state index contributed by atoms with van der Waals surface area (Å²) in [5, 5.41) is 0.544. The van der Waals surface area contributed by atoms with Crippen molar-refractivity contribution in [2.45, 2.75) is 0 Å². The number of hydrogen-bond donors (Lipinski definition) is 2. The third-order valence-electron chi connectivity index (χ3n) is 3.43. The van der Waals surface area contributed by atoms with Crippen LogP contribution in [0.25, 0.3) is 5.65 Å². The summed E-state index contributed by atoms with van der Waals surface area (Å²) in [6.45, 7) is -0.895. The minimum Gasteiger partial charge on any atom is -0.484 e. The van der Waals surface area contributed by atoms with E-state index in [1.165, 1.54) is 6.20 Å². The molecule has 0 unspecified atom stereocenters. The molecule has 10 heteroatoms. The fourth-order valence-electron chi connectivity index (χ4n) is 2.13. The fourth-order valence-corrected chi connectivity index (χ4v) is 2.26. The van der Waals surface area contributed by atoms with E-state index in [0.29, 0.717) is 16.4 Å². The van der Waals surface area contributed by atoms with Gasteiger partial charge in [0.15, 0.2) is 18.9 Å². The van der Waals surface area contributed by atoms with Crippen LogP contribution in [0.5, 0.6) is 5.75 Å². The molecule has 0 fully saturated rings. The molecule has 3 rings (SSSR count). The molecule has 0 saturated carbocycles. The molecule has 0 spiro atoms. The number of imidazole rings is 1. The Balaban J connectivity index is 1.38. The number of pyridine rings is 1. The molecule has 1 aromatic carbocycles. The van der Waals surface area contributed by atoms with E-state index in [4.69, 9.17) is 21.1 Å². The summed E-state index contributed by atoms with van der Waals surface area (Å²) in [6, 6.07) is 11.7. The predicted octanol–water partition coefficient (Wildman–Crippen LogP) is 1.37. The standard InChI is InChI=1S/C18H15ClN4O5/c19-12-4-6-13(7-5-12)27-10-16(24)21-22-17(25)11-28-18(26)14-9-23-8-2-1-3-15(23)20-14/h1-9H,10-11H2,(H,21,24)(H,22,25). The van der Waals surface area contributed by atoms with Gasteiger partial charge in [-0.1, -0.05) is 17.7 Å². The second-order valence-corrected chi connectivity index (χ2v) is 5.94. The largest absolute Gasteiger partial charge is 0.484 e. The van der Waals surface area contributed by atoms with Crippen molar-refractivity contribution in [1.82, 2.24) is 20.2 Å². The average Bonchev–Trinajstić information content (AvgIpc) is 3.14. The average molecular weight is 403 g/mol. The highest BCUT2D eigenvalue weighted by Crippen LogP contribution is 2.15. The second kappa shape index (κ2) is 8.87. The smallest absolute Gasteiger partial charge is 0.359 e. The lowest BCUT2D eigenvalue weighted by molar-refractivity contribution is -0.131. The molecule has 0 saturated heterocycles. The van der Waals surface area contributed by atoms with Gasteiger partial charge in [0.05, 0.1) is 0 Å². The first-order valence-corrected chi connectivity index (χ1v) is 8.46. The minimum atomic E-state index is -0.753. The zero-order chi connectivity index (χ0) is 19.9. The molecule has 2 N–H and O–H groups in total. The number of ether oxygens (including phenoxy) is 2. The van der Waals surface area contributed by atoms with Crippen molar-refractivity contribution < 1.29 is 23.9 Å². The highest BCUT2D eigenvalue weighted by atomic mass is 35.5. The molecule has 28 heavy (non-hydrogen) atoms. The van der Waals surface area contributed by atoms with Crippen molar-refractivity contribution in [1.29, 1.82) is 0 Å². The van der Waals surface area contributed by atoms with E-state index >= 15 is 0 Å². The van der Waals surface area contributed by atoms with Gasteiger partial charge in [-0.3, -0.25) is 20.4 Å². The summed E-state index contributed by atoms with van der Waals surface area (Å²) < 4.78 is 11.7. The number of benzene rings is 1. The molecule has 0 aliphatic carbocycles. The quantitative estimate of drug-likeness (QED) is 0.476. The normalized spacial score (nSPS) is 10.3. The SMILES string of the molecule is O=C(COC(=O)c1cn2ccccc2n1)NNC(=O)COc1ccc(Cl)cc1. The molecule has 0 atom stereocenters. The minimum absolute atomic E-state index is 0.0689. The van der Waals surface area contributed by atoms with Crippen LogP contribution in [0.3, 0.4) is 0 Å². The monoisotopic (exact) mass is 402 g/mol. The van der Waals surface area contributed by atoms with Gasteiger partial charge in [0.25, 0.3) is 11.8 Å². The van der Waals surface area contributed by atoms with Crippen LogP contribution in [0.4, 0.5) is 0 Å². The highest BCUT2D eigenvalue weighted by Gasteiger charge is 2.14. The Morgan fingerprint density at radius 2 is 1.71 bits per heavy atom. The molecule has 0 aliphatic rings. The first-order valence-electron chi connectivity index (χ1n) is 8.08. The Labute approximate surface area is 164 Å². The number of carbonyl (C=O) groups excluding carboxylic acids is 3. The van der Waals surface area contributed by atoms with Crippen LogP contribution < -0.4 is 15.6 Å². The van der Waals surface area contributed by atoms with E-state index in [1.54, 1.807) is 53.1 Å². The molecule has 2 amide bonds. The van der Waals surface area contributed by atoms with Gasteiger partial charge in [-0.25, -0.2) is 9.78 Å². The van der Waals surface area contributed by atoms with Crippen molar-refractivity contribution in [2.75, 3.05) is 13.2 Å². The van der Waals surface area contributed by atoms with Gasteiger partial charge in [-0.05, 0) is 36.4 Å². The van der Waals surface area contributed by atoms with E-state index in [0.717, 1.165) is 0 Å². The molecule has 0 radical (unpaired) electrons. The van der Waals surface area contributed by atoms with Gasteiger partial charge in [0, 0.05) is 17.4 Å². The maximum Gasteiger partial charge on any atom is 0.359 e. The number of fused-ring (bicyclic) bond motifs is 1. The van der Waals surface area contributed by atoms with Crippen LogP contribution in [0.2, 0.25) is 5.02 Å². The highest BCUT2D eigenvalue weighted by molar-refractivity contribution is 6.30. The number of hydrazine groups is 1. The molecule has 9 nitrogen and oxygen atoms in total. The Morgan fingerprint density at radius 1 is 1.00 bits per heavy atom. The van der Waals surface area contributed by atoms with E-state index < -0.39 is 24.4 Å². The zero-order valence-electron chi connectivity index (χ0n) is 14.4. The molecule has 2 heterocycles. The molecule has 2 aromatic heterocycles. The van der Waals surface area contributed by atoms with Crippen LogP contribution in [0.15, 0.2) is 54.9 Å². The second-order valence-electron chi connectivity index (χ2n) is 5.51. The Morgan fingerprint density at radius 3 is 2.43 bits per heavy atom. The summed E-state index contributed by atoms with van der Waals surface area (Å²) in [6.07, 6.45) is 3.22. The summed E-state index contributed by atoms with van der Waals surface area (Å²) in [5.41, 5.74) is 4.91. The van der Waals surface area contributed by atoms with Gasteiger partial charge >= 0.3 is 5.97 Å². The van der Waals surface area contributed by atoms with E-state index in [9.17, 15) is 14.4 Å². The number of nitrogens with zero attached hydrogens (tertiary/aromatic N) is 2. The topological polar surface area (TPSA) is 111 Å². The molecular formula is C18H15ClN4O5. The van der Waals surface area contributed by atoms with Crippen molar-refractivity contribution in [3.8, 4) is 5.75 Å². The van der Waals surface area contributed by atoms with Gasteiger partial charge in [0.2, 0.25) is 0 Å². The summed E-state index contributed by atoms with van der Waals surface area (Å²) >= 11 is 5.75. The lowest BCUT2D eigenvalue weighted by atomic mass is 10.3. The van der Waals surface area contributed by atoms with Crippen LogP contribution in [0.1, 0.15) is 10.5 Å². The summed E-state index contributed by atoms with van der Waals surface area (Å²) in [4.78, 5) is 39.4. The summed E-state index contributed by atoms with van der Waals surface area (Å²) in [7, 11) is 0. The maximum atomic E-state index is 11.9. The Kier molecular flexibility index (Phi) is 6.07. The maximum absolute atomic E-state index is 11.9. The molecule has 0 bridgehead atoms. The van der Waals surface area contributed by atoms with E-state index in [1.807, 2.05) is 0 Å². The predicted molar refractivity (Wildman–Crippen MR) is 98.7 cm³/mol.